The minimum atomic E-state index is -2.01. The number of nitrogens with zero attached hydrogens (tertiary/aromatic N) is 2. The van der Waals surface area contributed by atoms with E-state index in [1.54, 1.807) is 26.8 Å². The highest BCUT2D eigenvalue weighted by Gasteiger charge is 2.46. The fourth-order valence-electron chi connectivity index (χ4n) is 8.58. The topological polar surface area (TPSA) is 215 Å². The van der Waals surface area contributed by atoms with Gasteiger partial charge in [0.2, 0.25) is 23.6 Å². The monoisotopic (exact) mass is 836 g/mol. The highest BCUT2D eigenvalue weighted by molar-refractivity contribution is 5.95. The maximum absolute atomic E-state index is 15.3. The number of carbonyl (C=O) groups is 6. The van der Waals surface area contributed by atoms with Crippen molar-refractivity contribution >= 4 is 46.3 Å². The molecule has 3 aliphatic rings. The Morgan fingerprint density at radius 2 is 1.72 bits per heavy atom. The number of ether oxygens (including phenoxy) is 1. The van der Waals surface area contributed by atoms with E-state index in [9.17, 15) is 38.7 Å². The lowest BCUT2D eigenvalue weighted by molar-refractivity contribution is -0.172. The van der Waals surface area contributed by atoms with Crippen molar-refractivity contribution in [2.45, 2.75) is 109 Å². The molecular formula is C45H49FN6O9. The van der Waals surface area contributed by atoms with Crippen LogP contribution in [0.2, 0.25) is 0 Å². The molecule has 2 aromatic heterocycles. The van der Waals surface area contributed by atoms with Crippen LogP contribution in [-0.2, 0) is 65.1 Å². The van der Waals surface area contributed by atoms with Crippen LogP contribution in [0.4, 0.5) is 4.39 Å². The predicted octanol–water partition coefficient (Wildman–Crippen LogP) is 3.13. The number of fused-ring (bicyclic) bond motifs is 5. The fourth-order valence-corrected chi connectivity index (χ4v) is 8.58. The number of amides is 4. The molecule has 0 radical (unpaired) electrons. The molecule has 2 aromatic carbocycles. The molecule has 16 heteroatoms. The van der Waals surface area contributed by atoms with E-state index in [0.717, 1.165) is 22.1 Å². The van der Waals surface area contributed by atoms with E-state index in [2.05, 4.69) is 21.3 Å². The Kier molecular flexibility index (Phi) is 12.5. The molecule has 0 saturated heterocycles. The van der Waals surface area contributed by atoms with Crippen LogP contribution in [0.25, 0.3) is 22.3 Å². The van der Waals surface area contributed by atoms with Crippen LogP contribution in [-0.4, -0.2) is 69.2 Å². The summed E-state index contributed by atoms with van der Waals surface area (Å²) in [6.45, 7) is 4.27. The number of aromatic nitrogens is 2. The van der Waals surface area contributed by atoms with Crippen LogP contribution >= 0.6 is 0 Å². The van der Waals surface area contributed by atoms with E-state index < -0.39 is 46.8 Å². The largest absolute Gasteiger partial charge is 0.458 e. The van der Waals surface area contributed by atoms with Crippen molar-refractivity contribution in [1.82, 2.24) is 30.8 Å². The highest BCUT2D eigenvalue weighted by Crippen LogP contribution is 2.46. The molecule has 4 aromatic rings. The quantitative estimate of drug-likeness (QED) is 0.0724. The number of carbonyl (C=O) groups excluding carboxylic acids is 6. The van der Waals surface area contributed by atoms with E-state index in [1.807, 2.05) is 30.3 Å². The number of Topliss-reactive ketones (excluding diaryl/α,β-unsaturated/α-hetero) is 1. The summed E-state index contributed by atoms with van der Waals surface area (Å²) in [6.07, 6.45) is 2.28. The fraction of sp³-hybridized carbons (Fsp3) is 0.422. The van der Waals surface area contributed by atoms with Crippen LogP contribution in [0.3, 0.4) is 0 Å². The number of unbranched alkanes of at least 4 members (excludes halogenated alkanes) is 1. The molecule has 5 N–H and O–H groups in total. The number of halogens is 1. The number of benzene rings is 2. The number of pyridine rings is 2. The Morgan fingerprint density at radius 3 is 2.46 bits per heavy atom. The van der Waals surface area contributed by atoms with Crippen LogP contribution < -0.4 is 26.8 Å². The molecule has 2 unspecified atom stereocenters. The normalized spacial score (nSPS) is 17.7. The van der Waals surface area contributed by atoms with Gasteiger partial charge in [-0.25, -0.2) is 14.2 Å². The number of aryl methyl sites for hydroxylation is 1. The van der Waals surface area contributed by atoms with Gasteiger partial charge in [0, 0.05) is 48.3 Å². The average molecular weight is 837 g/mol. The van der Waals surface area contributed by atoms with Crippen molar-refractivity contribution < 1.29 is 43.0 Å². The van der Waals surface area contributed by atoms with Crippen molar-refractivity contribution in [3.8, 4) is 11.4 Å². The number of aliphatic hydroxyl groups is 1. The summed E-state index contributed by atoms with van der Waals surface area (Å²) in [5, 5.41) is 22.9. The zero-order valence-corrected chi connectivity index (χ0v) is 34.4. The molecule has 0 fully saturated rings. The van der Waals surface area contributed by atoms with Crippen LogP contribution in [0, 0.1) is 12.7 Å². The van der Waals surface area contributed by atoms with Gasteiger partial charge < -0.3 is 35.7 Å². The van der Waals surface area contributed by atoms with Crippen LogP contribution in [0.15, 0.2) is 47.3 Å². The Bertz CT molecular complexity index is 2520. The lowest BCUT2D eigenvalue weighted by Gasteiger charge is -2.31. The summed E-state index contributed by atoms with van der Waals surface area (Å²) >= 11 is 0. The SMILES string of the molecule is CCC(=O)NCC(=O)N[C@@H](Cc1ccccc1)C(=O)NCC(=O)CCCCC(=O)NC1CCc2c(C)c(F)cc3nc4c(c1c23)Cn1c-4cc2c(c1=O)COC(=O)C2(O)CC. The van der Waals surface area contributed by atoms with Gasteiger partial charge in [0.05, 0.1) is 48.1 Å². The van der Waals surface area contributed by atoms with Gasteiger partial charge in [-0.2, -0.15) is 0 Å². The molecule has 15 nitrogen and oxygen atoms in total. The maximum atomic E-state index is 15.3. The Hall–Kier alpha value is -6.29. The van der Waals surface area contributed by atoms with E-state index >= 15 is 4.39 Å². The third-order valence-electron chi connectivity index (χ3n) is 12.0. The maximum Gasteiger partial charge on any atom is 0.343 e. The first kappa shape index (κ1) is 42.8. The Labute approximate surface area is 350 Å². The van der Waals surface area contributed by atoms with Crippen molar-refractivity contribution in [2.75, 3.05) is 13.1 Å². The lowest BCUT2D eigenvalue weighted by Crippen LogP contribution is -2.51. The minimum Gasteiger partial charge on any atom is -0.458 e. The number of nitrogens with one attached hydrogen (secondary N) is 4. The number of cyclic esters (lactones) is 1. The lowest BCUT2D eigenvalue weighted by atomic mass is 9.81. The zero-order chi connectivity index (χ0) is 43.6. The van der Waals surface area contributed by atoms with Crippen LogP contribution in [0.5, 0.6) is 0 Å². The molecule has 4 amide bonds. The van der Waals surface area contributed by atoms with Gasteiger partial charge in [-0.05, 0) is 67.3 Å². The number of hydrogen-bond acceptors (Lipinski definition) is 10. The third kappa shape index (κ3) is 8.54. The number of ketones is 1. The highest BCUT2D eigenvalue weighted by atomic mass is 19.1. The van der Waals surface area contributed by atoms with Gasteiger partial charge in [0.25, 0.3) is 5.56 Å². The van der Waals surface area contributed by atoms with Crippen molar-refractivity contribution in [3.63, 3.8) is 0 Å². The third-order valence-corrected chi connectivity index (χ3v) is 12.0. The van der Waals surface area contributed by atoms with Gasteiger partial charge in [0.15, 0.2) is 11.4 Å². The molecule has 0 saturated carbocycles. The standard InChI is InChI=1S/C45H49FN6O9/c1-4-36(54)47-21-38(56)50-34(17-25-11-7-6-8-12-25)42(57)48-20-26(53)13-9-10-14-37(55)49-32-16-15-27-24(3)31(46)19-33-39(27)40(32)28-22-52-35(41(28)51-33)18-30-29(43(52)58)23-61-44(59)45(30,60)5-2/h6-8,11-12,18-19,32,34,60H,4-5,9-10,13-17,20-23H2,1-3H3,(H,47,54)(H,48,57)(H,49,55)(H,50,56)/t32?,34-,45?/m0/s1. The van der Waals surface area contributed by atoms with E-state index in [-0.39, 0.29) is 87.1 Å². The van der Waals surface area contributed by atoms with Crippen molar-refractivity contribution in [3.05, 3.63) is 97.6 Å². The summed E-state index contributed by atoms with van der Waals surface area (Å²) in [4.78, 5) is 95.1. The predicted molar refractivity (Wildman–Crippen MR) is 220 cm³/mol. The van der Waals surface area contributed by atoms with Gasteiger partial charge >= 0.3 is 5.97 Å². The summed E-state index contributed by atoms with van der Waals surface area (Å²) in [5.74, 6) is -3.16. The number of esters is 1. The summed E-state index contributed by atoms with van der Waals surface area (Å²) in [5.41, 5.74) is 2.57. The van der Waals surface area contributed by atoms with Gasteiger partial charge in [-0.3, -0.25) is 28.8 Å². The van der Waals surface area contributed by atoms with Gasteiger partial charge in [0.1, 0.15) is 18.5 Å². The van der Waals surface area contributed by atoms with E-state index in [1.165, 1.54) is 10.6 Å². The molecule has 1 aliphatic carbocycles. The minimum absolute atomic E-state index is 0.0166. The second-order valence-corrected chi connectivity index (χ2v) is 15.9. The first-order valence-electron chi connectivity index (χ1n) is 20.7. The zero-order valence-electron chi connectivity index (χ0n) is 34.4. The molecule has 2 aliphatic heterocycles. The van der Waals surface area contributed by atoms with Gasteiger partial charge in [-0.1, -0.05) is 44.2 Å². The van der Waals surface area contributed by atoms with Crippen molar-refractivity contribution in [1.29, 1.82) is 0 Å². The Balaban J connectivity index is 1.00. The van der Waals surface area contributed by atoms with E-state index in [0.29, 0.717) is 53.7 Å². The second kappa shape index (κ2) is 17.7. The molecule has 61 heavy (non-hydrogen) atoms. The second-order valence-electron chi connectivity index (χ2n) is 15.9. The molecule has 7 rings (SSSR count). The summed E-state index contributed by atoms with van der Waals surface area (Å²) in [6, 6.07) is 10.6. The molecule has 0 bridgehead atoms. The number of hydrogen-bond donors (Lipinski definition) is 5. The summed E-state index contributed by atoms with van der Waals surface area (Å²) < 4.78 is 22.0. The summed E-state index contributed by atoms with van der Waals surface area (Å²) in [7, 11) is 0. The van der Waals surface area contributed by atoms with Crippen molar-refractivity contribution in [2.24, 2.45) is 0 Å². The molecule has 4 heterocycles. The van der Waals surface area contributed by atoms with E-state index in [4.69, 9.17) is 9.72 Å². The molecule has 320 valence electrons. The molecule has 0 spiro atoms. The molecule has 3 atom stereocenters. The Morgan fingerprint density at radius 1 is 0.967 bits per heavy atom. The first-order valence-corrected chi connectivity index (χ1v) is 20.7. The van der Waals surface area contributed by atoms with Gasteiger partial charge in [-0.15, -0.1) is 0 Å². The smallest absolute Gasteiger partial charge is 0.343 e. The van der Waals surface area contributed by atoms with Crippen LogP contribution in [0.1, 0.15) is 104 Å². The average Bonchev–Trinajstić information content (AvgIpc) is 3.63. The first-order chi connectivity index (χ1) is 29.2. The number of rotatable bonds is 16. The molecular weight excluding hydrogens is 788 g/mol.